The van der Waals surface area contributed by atoms with Crippen molar-refractivity contribution in [3.8, 4) is 0 Å². The molecule has 0 unspecified atom stereocenters. The van der Waals surface area contributed by atoms with Gasteiger partial charge in [0.15, 0.2) is 0 Å². The summed E-state index contributed by atoms with van der Waals surface area (Å²) in [5.41, 5.74) is 0.836. The Hall–Kier alpha value is -1.16. The molecule has 0 aromatic heterocycles. The Balaban J connectivity index is 1.51. The standard InChI is InChI=1S/C17H22N2OS/c20-16(18-15-4-2-1-3-5-15)19(21)17-9-12-6-13(10-17)8-14(7-12)11-17/h1-5,12-14,21H,6-11H2,(H,18,20). The first-order valence-electron chi connectivity index (χ1n) is 8.00. The molecule has 4 fully saturated rings. The molecular formula is C17H22N2OS. The van der Waals surface area contributed by atoms with E-state index < -0.39 is 0 Å². The number of para-hydroxylation sites is 1. The molecule has 0 saturated heterocycles. The van der Waals surface area contributed by atoms with Crippen molar-refractivity contribution >= 4 is 24.5 Å². The molecule has 1 aromatic rings. The number of thiol groups is 1. The summed E-state index contributed by atoms with van der Waals surface area (Å²) in [6.07, 6.45) is 7.56. The van der Waals surface area contributed by atoms with Gasteiger partial charge in [-0.2, -0.15) is 0 Å². The monoisotopic (exact) mass is 302 g/mol. The lowest BCUT2D eigenvalue weighted by Gasteiger charge is -2.58. The smallest absolute Gasteiger partial charge is 0.307 e. The molecule has 4 bridgehead atoms. The molecule has 4 aliphatic rings. The second-order valence-corrected chi connectivity index (χ2v) is 7.65. The average molecular weight is 302 g/mol. The summed E-state index contributed by atoms with van der Waals surface area (Å²) in [7, 11) is 0. The maximum absolute atomic E-state index is 12.6. The number of carbonyl (C=O) groups is 1. The predicted molar refractivity (Wildman–Crippen MR) is 87.2 cm³/mol. The van der Waals surface area contributed by atoms with Gasteiger partial charge in [-0.15, -0.1) is 0 Å². The number of nitrogens with zero attached hydrogens (tertiary/aromatic N) is 1. The van der Waals surface area contributed by atoms with Gasteiger partial charge in [0.05, 0.1) is 5.54 Å². The van der Waals surface area contributed by atoms with Gasteiger partial charge >= 0.3 is 6.03 Å². The third-order valence-electron chi connectivity index (χ3n) is 5.67. The fourth-order valence-electron chi connectivity index (χ4n) is 5.24. The van der Waals surface area contributed by atoms with E-state index in [2.05, 4.69) is 18.1 Å². The average Bonchev–Trinajstić information content (AvgIpc) is 2.46. The molecule has 2 amide bonds. The number of rotatable bonds is 2. The summed E-state index contributed by atoms with van der Waals surface area (Å²) in [6.45, 7) is 0. The van der Waals surface area contributed by atoms with Crippen LogP contribution in [0.2, 0.25) is 0 Å². The molecule has 4 saturated carbocycles. The highest BCUT2D eigenvalue weighted by atomic mass is 32.1. The van der Waals surface area contributed by atoms with E-state index in [1.807, 2.05) is 30.3 Å². The maximum atomic E-state index is 12.6. The van der Waals surface area contributed by atoms with Crippen LogP contribution in [-0.2, 0) is 0 Å². The molecule has 4 aliphatic carbocycles. The van der Waals surface area contributed by atoms with E-state index in [9.17, 15) is 4.79 Å². The van der Waals surface area contributed by atoms with E-state index >= 15 is 0 Å². The molecule has 3 nitrogen and oxygen atoms in total. The van der Waals surface area contributed by atoms with Gasteiger partial charge in [0.25, 0.3) is 0 Å². The Morgan fingerprint density at radius 1 is 1.05 bits per heavy atom. The van der Waals surface area contributed by atoms with Crippen LogP contribution in [0.3, 0.4) is 0 Å². The van der Waals surface area contributed by atoms with Crippen molar-refractivity contribution < 1.29 is 4.79 Å². The first-order chi connectivity index (χ1) is 10.1. The van der Waals surface area contributed by atoms with Gasteiger partial charge in [0.2, 0.25) is 0 Å². The highest BCUT2D eigenvalue weighted by molar-refractivity contribution is 7.78. The third-order valence-corrected chi connectivity index (χ3v) is 6.28. The van der Waals surface area contributed by atoms with E-state index in [0.29, 0.717) is 0 Å². The SMILES string of the molecule is O=C(Nc1ccccc1)N(S)C12CC3CC(CC(C3)C1)C2. The molecule has 21 heavy (non-hydrogen) atoms. The summed E-state index contributed by atoms with van der Waals surface area (Å²) in [6, 6.07) is 9.57. The number of benzene rings is 1. The Morgan fingerprint density at radius 3 is 2.10 bits per heavy atom. The molecule has 1 aromatic carbocycles. The highest BCUT2D eigenvalue weighted by Gasteiger charge is 2.54. The fourth-order valence-corrected chi connectivity index (χ4v) is 5.53. The van der Waals surface area contributed by atoms with Crippen LogP contribution in [0.4, 0.5) is 10.5 Å². The van der Waals surface area contributed by atoms with Gasteiger partial charge in [0.1, 0.15) is 0 Å². The summed E-state index contributed by atoms with van der Waals surface area (Å²) >= 11 is 4.62. The number of hydrogen-bond donors (Lipinski definition) is 2. The third kappa shape index (κ3) is 2.33. The zero-order chi connectivity index (χ0) is 14.4. The van der Waals surface area contributed by atoms with Crippen LogP contribution < -0.4 is 5.32 Å². The quantitative estimate of drug-likeness (QED) is 0.783. The Bertz CT molecular complexity index is 510. The summed E-state index contributed by atoms with van der Waals surface area (Å²) in [5.74, 6) is 2.45. The summed E-state index contributed by atoms with van der Waals surface area (Å²) in [5, 5.41) is 2.98. The van der Waals surface area contributed by atoms with Crippen molar-refractivity contribution in [2.24, 2.45) is 17.8 Å². The molecule has 0 heterocycles. The maximum Gasteiger partial charge on any atom is 0.332 e. The Morgan fingerprint density at radius 2 is 1.57 bits per heavy atom. The van der Waals surface area contributed by atoms with Gasteiger partial charge in [-0.1, -0.05) is 31.0 Å². The van der Waals surface area contributed by atoms with Crippen molar-refractivity contribution in [2.45, 2.75) is 44.1 Å². The normalized spacial score (nSPS) is 36.5. The molecule has 1 N–H and O–H groups in total. The zero-order valence-corrected chi connectivity index (χ0v) is 13.1. The van der Waals surface area contributed by atoms with Crippen molar-refractivity contribution in [2.75, 3.05) is 5.32 Å². The number of nitrogens with one attached hydrogen (secondary N) is 1. The van der Waals surface area contributed by atoms with Gasteiger partial charge in [0, 0.05) is 5.69 Å². The van der Waals surface area contributed by atoms with Gasteiger partial charge < -0.3 is 5.32 Å². The molecule has 0 aliphatic heterocycles. The van der Waals surface area contributed by atoms with Crippen LogP contribution in [-0.4, -0.2) is 15.9 Å². The van der Waals surface area contributed by atoms with Crippen molar-refractivity contribution in [3.05, 3.63) is 30.3 Å². The molecule has 0 atom stereocenters. The van der Waals surface area contributed by atoms with E-state index in [1.54, 1.807) is 4.31 Å². The first-order valence-corrected chi connectivity index (χ1v) is 8.40. The van der Waals surface area contributed by atoms with Gasteiger partial charge in [-0.25, -0.2) is 4.79 Å². The molecule has 4 heteroatoms. The number of hydrogen-bond acceptors (Lipinski definition) is 2. The number of anilines is 1. The van der Waals surface area contributed by atoms with Crippen LogP contribution in [0.25, 0.3) is 0 Å². The largest absolute Gasteiger partial charge is 0.332 e. The summed E-state index contributed by atoms with van der Waals surface area (Å²) in [4.78, 5) is 12.6. The van der Waals surface area contributed by atoms with E-state index in [4.69, 9.17) is 0 Å². The van der Waals surface area contributed by atoms with Gasteiger partial charge in [-0.05, 0) is 68.4 Å². The second-order valence-electron chi connectivity index (χ2n) is 7.25. The molecule has 112 valence electrons. The molecule has 0 radical (unpaired) electrons. The number of carbonyl (C=O) groups excluding carboxylic acids is 1. The highest BCUT2D eigenvalue weighted by Crippen LogP contribution is 2.58. The lowest BCUT2D eigenvalue weighted by molar-refractivity contribution is -0.0394. The van der Waals surface area contributed by atoms with Crippen LogP contribution in [0.1, 0.15) is 38.5 Å². The predicted octanol–water partition coefficient (Wildman–Crippen LogP) is 4.33. The Kier molecular flexibility index (Phi) is 3.18. The van der Waals surface area contributed by atoms with Gasteiger partial charge in [-0.3, -0.25) is 4.31 Å². The zero-order valence-electron chi connectivity index (χ0n) is 12.2. The second kappa shape index (κ2) is 4.94. The lowest BCUT2D eigenvalue weighted by Crippen LogP contribution is -2.59. The fraction of sp³-hybridized carbons (Fsp3) is 0.588. The van der Waals surface area contributed by atoms with Crippen LogP contribution in [0, 0.1) is 17.8 Å². The van der Waals surface area contributed by atoms with Crippen molar-refractivity contribution in [1.29, 1.82) is 0 Å². The molecule has 0 spiro atoms. The van der Waals surface area contributed by atoms with Crippen LogP contribution in [0.15, 0.2) is 30.3 Å². The molecule has 5 rings (SSSR count). The number of urea groups is 1. The minimum atomic E-state index is -0.0773. The van der Waals surface area contributed by atoms with Crippen LogP contribution in [0.5, 0.6) is 0 Å². The minimum absolute atomic E-state index is 0.00325. The summed E-state index contributed by atoms with van der Waals surface area (Å²) < 4.78 is 1.73. The van der Waals surface area contributed by atoms with E-state index in [1.165, 1.54) is 19.3 Å². The van der Waals surface area contributed by atoms with Crippen molar-refractivity contribution in [1.82, 2.24) is 4.31 Å². The topological polar surface area (TPSA) is 32.3 Å². The van der Waals surface area contributed by atoms with E-state index in [0.717, 1.165) is 42.7 Å². The number of amides is 2. The Labute approximate surface area is 131 Å². The lowest BCUT2D eigenvalue weighted by atomic mass is 9.53. The van der Waals surface area contributed by atoms with E-state index in [-0.39, 0.29) is 11.6 Å². The first kappa shape index (κ1) is 13.5. The van der Waals surface area contributed by atoms with Crippen molar-refractivity contribution in [3.63, 3.8) is 0 Å². The van der Waals surface area contributed by atoms with Crippen LogP contribution >= 0.6 is 12.8 Å². The molecular weight excluding hydrogens is 280 g/mol. The minimum Gasteiger partial charge on any atom is -0.307 e.